The Morgan fingerprint density at radius 3 is 2.85 bits per heavy atom. The van der Waals surface area contributed by atoms with Crippen LogP contribution >= 0.6 is 0 Å². The fraction of sp³-hybridized carbons (Fsp3) is 0.250. The molecule has 0 radical (unpaired) electrons. The number of aldehydes is 1. The first kappa shape index (κ1) is 12.8. The summed E-state index contributed by atoms with van der Waals surface area (Å²) in [4.78, 5) is 15.5. The first-order chi connectivity index (χ1) is 9.74. The van der Waals surface area contributed by atoms with E-state index in [2.05, 4.69) is 4.98 Å². The van der Waals surface area contributed by atoms with Crippen LogP contribution in [0, 0.1) is 5.82 Å². The van der Waals surface area contributed by atoms with E-state index in [-0.39, 0.29) is 5.82 Å². The van der Waals surface area contributed by atoms with Gasteiger partial charge >= 0.3 is 0 Å². The van der Waals surface area contributed by atoms with Crippen LogP contribution in [-0.2, 0) is 12.8 Å². The van der Waals surface area contributed by atoms with Crippen molar-refractivity contribution in [3.63, 3.8) is 0 Å². The fourth-order valence-corrected chi connectivity index (χ4v) is 2.82. The van der Waals surface area contributed by atoms with Gasteiger partial charge in [0.1, 0.15) is 5.82 Å². The third-order valence-corrected chi connectivity index (χ3v) is 3.77. The summed E-state index contributed by atoms with van der Waals surface area (Å²) in [6, 6.07) is 4.91. The summed E-state index contributed by atoms with van der Waals surface area (Å²) in [6.45, 7) is 0. The van der Waals surface area contributed by atoms with Crippen molar-refractivity contribution in [2.45, 2.75) is 19.3 Å². The number of aromatic nitrogens is 1. The van der Waals surface area contributed by atoms with Crippen molar-refractivity contribution in [1.29, 1.82) is 0 Å². The number of carbonyl (C=O) groups excluding carboxylic acids is 1. The van der Waals surface area contributed by atoms with E-state index in [0.717, 1.165) is 30.3 Å². The first-order valence-corrected chi connectivity index (χ1v) is 6.54. The maximum Gasteiger partial charge on any atom is 0.213 e. The van der Waals surface area contributed by atoms with Crippen LogP contribution in [0.5, 0.6) is 5.88 Å². The lowest BCUT2D eigenvalue weighted by molar-refractivity contribution is 0.112. The molecule has 0 N–H and O–H groups in total. The molecule has 0 bridgehead atoms. The largest absolute Gasteiger partial charge is 0.481 e. The Morgan fingerprint density at radius 2 is 2.10 bits per heavy atom. The van der Waals surface area contributed by atoms with Crippen molar-refractivity contribution in [3.05, 3.63) is 46.9 Å². The zero-order valence-electron chi connectivity index (χ0n) is 11.1. The summed E-state index contributed by atoms with van der Waals surface area (Å²) in [5.74, 6) is 0.217. The molecule has 0 atom stereocenters. The van der Waals surface area contributed by atoms with Gasteiger partial charge in [-0.15, -0.1) is 0 Å². The Morgan fingerprint density at radius 1 is 1.30 bits per heavy atom. The van der Waals surface area contributed by atoms with E-state index in [0.29, 0.717) is 29.0 Å². The molecular formula is C16H14FNO2. The summed E-state index contributed by atoms with van der Waals surface area (Å²) in [7, 11) is 1.52. The second-order valence-electron chi connectivity index (χ2n) is 4.84. The number of fused-ring (bicyclic) bond motifs is 1. The standard InChI is InChI=1S/C16H14FNO2/c1-20-16-7-10(5-6-18-16)13-8-15(17)12-4-2-3-11(12)14(13)9-19/h5-9H,2-4H2,1H3. The fourth-order valence-electron chi connectivity index (χ4n) is 2.82. The number of pyridine rings is 1. The molecule has 1 heterocycles. The summed E-state index contributed by atoms with van der Waals surface area (Å²) in [6.07, 6.45) is 4.79. The van der Waals surface area contributed by atoms with Gasteiger partial charge in [-0.25, -0.2) is 9.37 Å². The number of methoxy groups -OCH3 is 1. The molecular weight excluding hydrogens is 257 g/mol. The van der Waals surface area contributed by atoms with E-state index in [1.165, 1.54) is 13.2 Å². The molecule has 0 spiro atoms. The van der Waals surface area contributed by atoms with E-state index in [9.17, 15) is 9.18 Å². The topological polar surface area (TPSA) is 39.2 Å². The van der Waals surface area contributed by atoms with Crippen LogP contribution in [0.4, 0.5) is 4.39 Å². The Balaban J connectivity index is 2.23. The minimum Gasteiger partial charge on any atom is -0.481 e. The lowest BCUT2D eigenvalue weighted by Crippen LogP contribution is -2.00. The summed E-state index contributed by atoms with van der Waals surface area (Å²) in [5.41, 5.74) is 3.49. The molecule has 0 unspecified atom stereocenters. The van der Waals surface area contributed by atoms with Crippen molar-refractivity contribution >= 4 is 6.29 Å². The average Bonchev–Trinajstić information content (AvgIpc) is 2.97. The van der Waals surface area contributed by atoms with Gasteiger partial charge in [0.05, 0.1) is 7.11 Å². The lowest BCUT2D eigenvalue weighted by atomic mass is 9.94. The molecule has 20 heavy (non-hydrogen) atoms. The quantitative estimate of drug-likeness (QED) is 0.805. The number of rotatable bonds is 3. The molecule has 0 fully saturated rings. The average molecular weight is 271 g/mol. The van der Waals surface area contributed by atoms with Crippen molar-refractivity contribution in [2.75, 3.05) is 7.11 Å². The number of ether oxygens (including phenoxy) is 1. The second kappa shape index (κ2) is 5.04. The molecule has 0 amide bonds. The van der Waals surface area contributed by atoms with Crippen LogP contribution in [0.15, 0.2) is 24.4 Å². The van der Waals surface area contributed by atoms with Gasteiger partial charge in [0.15, 0.2) is 6.29 Å². The molecule has 0 aliphatic heterocycles. The summed E-state index contributed by atoms with van der Waals surface area (Å²) < 4.78 is 19.3. The third-order valence-electron chi connectivity index (χ3n) is 3.77. The number of nitrogens with zero attached hydrogens (tertiary/aromatic N) is 1. The minimum absolute atomic E-state index is 0.228. The number of benzene rings is 1. The van der Waals surface area contributed by atoms with Gasteiger partial charge in [-0.1, -0.05) is 0 Å². The third kappa shape index (κ3) is 1.97. The highest BCUT2D eigenvalue weighted by Gasteiger charge is 2.22. The number of hydrogen-bond acceptors (Lipinski definition) is 3. The highest BCUT2D eigenvalue weighted by Crippen LogP contribution is 2.35. The minimum atomic E-state index is -0.228. The van der Waals surface area contributed by atoms with E-state index < -0.39 is 0 Å². The Kier molecular flexibility index (Phi) is 3.22. The zero-order valence-corrected chi connectivity index (χ0v) is 11.1. The molecule has 1 aliphatic rings. The molecule has 0 saturated heterocycles. The van der Waals surface area contributed by atoms with Crippen molar-refractivity contribution < 1.29 is 13.9 Å². The molecule has 1 aromatic heterocycles. The number of carbonyl (C=O) groups is 1. The van der Waals surface area contributed by atoms with Crippen molar-refractivity contribution in [2.24, 2.45) is 0 Å². The van der Waals surface area contributed by atoms with E-state index in [1.807, 2.05) is 0 Å². The van der Waals surface area contributed by atoms with Gasteiger partial charge in [0.25, 0.3) is 0 Å². The van der Waals surface area contributed by atoms with Gasteiger partial charge in [-0.05, 0) is 53.6 Å². The molecule has 3 nitrogen and oxygen atoms in total. The molecule has 3 rings (SSSR count). The SMILES string of the molecule is COc1cc(-c2cc(F)c3c(c2C=O)CCC3)ccn1. The van der Waals surface area contributed by atoms with Crippen LogP contribution in [0.3, 0.4) is 0 Å². The molecule has 102 valence electrons. The maximum atomic E-state index is 14.2. The number of halogens is 1. The van der Waals surface area contributed by atoms with Crippen LogP contribution in [0.2, 0.25) is 0 Å². The highest BCUT2D eigenvalue weighted by molar-refractivity contribution is 5.90. The summed E-state index contributed by atoms with van der Waals surface area (Å²) >= 11 is 0. The first-order valence-electron chi connectivity index (χ1n) is 6.54. The molecule has 1 aliphatic carbocycles. The van der Waals surface area contributed by atoms with Crippen LogP contribution in [-0.4, -0.2) is 18.4 Å². The monoisotopic (exact) mass is 271 g/mol. The van der Waals surface area contributed by atoms with Gasteiger partial charge in [0.2, 0.25) is 5.88 Å². The second-order valence-corrected chi connectivity index (χ2v) is 4.84. The summed E-state index contributed by atoms with van der Waals surface area (Å²) in [5, 5.41) is 0. The van der Waals surface area contributed by atoms with E-state index in [1.54, 1.807) is 18.3 Å². The Bertz CT molecular complexity index is 682. The molecule has 4 heteroatoms. The lowest BCUT2D eigenvalue weighted by Gasteiger charge is -2.12. The van der Waals surface area contributed by atoms with Gasteiger partial charge in [-0.3, -0.25) is 4.79 Å². The van der Waals surface area contributed by atoms with Gasteiger partial charge in [-0.2, -0.15) is 0 Å². The van der Waals surface area contributed by atoms with Gasteiger partial charge < -0.3 is 4.74 Å². The van der Waals surface area contributed by atoms with Crippen molar-refractivity contribution in [1.82, 2.24) is 4.98 Å². The van der Waals surface area contributed by atoms with Crippen LogP contribution in [0.25, 0.3) is 11.1 Å². The van der Waals surface area contributed by atoms with Crippen LogP contribution < -0.4 is 4.74 Å². The predicted molar refractivity (Wildman–Crippen MR) is 73.6 cm³/mol. The van der Waals surface area contributed by atoms with Gasteiger partial charge in [0, 0.05) is 17.8 Å². The zero-order chi connectivity index (χ0) is 14.1. The normalized spacial score (nSPS) is 13.1. The molecule has 1 aromatic carbocycles. The van der Waals surface area contributed by atoms with Crippen molar-refractivity contribution in [3.8, 4) is 17.0 Å². The number of hydrogen-bond donors (Lipinski definition) is 0. The molecule has 2 aromatic rings. The highest BCUT2D eigenvalue weighted by atomic mass is 19.1. The Hall–Kier alpha value is -2.23. The predicted octanol–water partition coefficient (Wildman–Crippen LogP) is 3.20. The van der Waals surface area contributed by atoms with E-state index >= 15 is 0 Å². The molecule has 0 saturated carbocycles. The maximum absolute atomic E-state index is 14.2. The van der Waals surface area contributed by atoms with E-state index in [4.69, 9.17) is 4.74 Å². The Labute approximate surface area is 116 Å². The van der Waals surface area contributed by atoms with Crippen LogP contribution in [0.1, 0.15) is 27.9 Å². The smallest absolute Gasteiger partial charge is 0.213 e.